The van der Waals surface area contributed by atoms with Crippen molar-refractivity contribution in [3.8, 4) is 0 Å². The smallest absolute Gasteiger partial charge is 0.251 e. The van der Waals surface area contributed by atoms with Crippen LogP contribution in [0.5, 0.6) is 0 Å². The highest BCUT2D eigenvalue weighted by Crippen LogP contribution is 2.29. The van der Waals surface area contributed by atoms with Crippen LogP contribution in [0.4, 0.5) is 19.0 Å². The number of hydrogen-bond acceptors (Lipinski definition) is 3. The predicted molar refractivity (Wildman–Crippen MR) is 65.5 cm³/mol. The van der Waals surface area contributed by atoms with E-state index in [1.165, 1.54) is 11.3 Å². The van der Waals surface area contributed by atoms with Gasteiger partial charge >= 0.3 is 0 Å². The highest BCUT2D eigenvalue weighted by molar-refractivity contribution is 7.16. The first kappa shape index (κ1) is 13.2. The second kappa shape index (κ2) is 5.16. The molecule has 0 radical (unpaired) electrons. The first-order valence-electron chi connectivity index (χ1n) is 5.00. The zero-order valence-electron chi connectivity index (χ0n) is 9.18. The van der Waals surface area contributed by atoms with E-state index in [0.717, 1.165) is 4.88 Å². The van der Waals surface area contributed by atoms with Gasteiger partial charge in [0.15, 0.2) is 17.5 Å². The number of pyridine rings is 1. The molecule has 1 N–H and O–H groups in total. The van der Waals surface area contributed by atoms with Gasteiger partial charge in [0.1, 0.15) is 0 Å². The maximum atomic E-state index is 13.4. The Kier molecular flexibility index (Phi) is 3.77. The molecule has 0 saturated heterocycles. The Hall–Kier alpha value is -1.27. The first-order valence-corrected chi connectivity index (χ1v) is 6.20. The highest BCUT2D eigenvalue weighted by Gasteiger charge is 2.15. The average molecular weight is 293 g/mol. The Morgan fingerprint density at radius 3 is 2.61 bits per heavy atom. The van der Waals surface area contributed by atoms with Crippen LogP contribution in [0.2, 0.25) is 4.34 Å². The molecule has 0 aromatic carbocycles. The molecule has 18 heavy (non-hydrogen) atoms. The topological polar surface area (TPSA) is 24.9 Å². The van der Waals surface area contributed by atoms with Gasteiger partial charge in [-0.1, -0.05) is 11.6 Å². The average Bonchev–Trinajstić information content (AvgIpc) is 2.73. The third-order valence-corrected chi connectivity index (χ3v) is 3.67. The van der Waals surface area contributed by atoms with Crippen molar-refractivity contribution in [2.24, 2.45) is 0 Å². The maximum absolute atomic E-state index is 13.4. The minimum absolute atomic E-state index is 0.311. The second-order valence-electron chi connectivity index (χ2n) is 3.60. The van der Waals surface area contributed by atoms with E-state index >= 15 is 0 Å². The Morgan fingerprint density at radius 2 is 2.00 bits per heavy atom. The van der Waals surface area contributed by atoms with Crippen LogP contribution in [0.3, 0.4) is 0 Å². The molecule has 2 rings (SSSR count). The molecule has 7 heteroatoms. The van der Waals surface area contributed by atoms with E-state index in [2.05, 4.69) is 10.3 Å². The van der Waals surface area contributed by atoms with Crippen molar-refractivity contribution in [1.82, 2.24) is 4.98 Å². The zero-order valence-corrected chi connectivity index (χ0v) is 10.7. The van der Waals surface area contributed by atoms with Crippen LogP contribution in [-0.4, -0.2) is 4.98 Å². The molecule has 2 nitrogen and oxygen atoms in total. The summed E-state index contributed by atoms with van der Waals surface area (Å²) in [5.41, 5.74) is 0. The lowest BCUT2D eigenvalue weighted by Crippen LogP contribution is -2.09. The molecule has 0 aliphatic heterocycles. The van der Waals surface area contributed by atoms with Gasteiger partial charge in [-0.3, -0.25) is 0 Å². The van der Waals surface area contributed by atoms with Crippen molar-refractivity contribution >= 4 is 28.8 Å². The minimum atomic E-state index is -1.34. The normalized spacial score (nSPS) is 12.5. The third kappa shape index (κ3) is 2.76. The van der Waals surface area contributed by atoms with Gasteiger partial charge in [-0.05, 0) is 19.1 Å². The molecule has 0 amide bonds. The summed E-state index contributed by atoms with van der Waals surface area (Å²) in [7, 11) is 0. The largest absolute Gasteiger partial charge is 0.360 e. The third-order valence-electron chi connectivity index (χ3n) is 2.26. The van der Waals surface area contributed by atoms with E-state index in [4.69, 9.17) is 11.6 Å². The van der Waals surface area contributed by atoms with E-state index in [1.54, 1.807) is 19.1 Å². The fraction of sp³-hybridized carbons (Fsp3) is 0.182. The molecule has 2 heterocycles. The van der Waals surface area contributed by atoms with Crippen LogP contribution >= 0.6 is 22.9 Å². The molecular weight excluding hydrogens is 285 g/mol. The molecule has 0 bridgehead atoms. The van der Waals surface area contributed by atoms with Crippen molar-refractivity contribution in [2.45, 2.75) is 13.0 Å². The lowest BCUT2D eigenvalue weighted by Gasteiger charge is -2.13. The summed E-state index contributed by atoms with van der Waals surface area (Å²) < 4.78 is 39.6. The fourth-order valence-corrected chi connectivity index (χ4v) is 2.45. The number of nitrogens with zero attached hydrogens (tertiary/aromatic N) is 1. The number of rotatable bonds is 3. The van der Waals surface area contributed by atoms with E-state index in [1.807, 2.05) is 0 Å². The number of halogens is 4. The van der Waals surface area contributed by atoms with E-state index in [-0.39, 0.29) is 11.9 Å². The molecule has 96 valence electrons. The van der Waals surface area contributed by atoms with E-state index < -0.39 is 17.6 Å². The molecule has 0 spiro atoms. The molecule has 1 atom stereocenters. The maximum Gasteiger partial charge on any atom is 0.251 e. The SMILES string of the molecule is CC(Nc1nc(F)c(F)cc1F)c1ccc(Cl)s1. The van der Waals surface area contributed by atoms with Crippen molar-refractivity contribution in [1.29, 1.82) is 0 Å². The first-order chi connectivity index (χ1) is 8.47. The lowest BCUT2D eigenvalue weighted by atomic mass is 10.2. The quantitative estimate of drug-likeness (QED) is 0.849. The summed E-state index contributed by atoms with van der Waals surface area (Å²) in [6.07, 6.45) is 0. The number of nitrogens with one attached hydrogen (secondary N) is 1. The van der Waals surface area contributed by atoms with Crippen LogP contribution in [0.25, 0.3) is 0 Å². The van der Waals surface area contributed by atoms with Crippen molar-refractivity contribution < 1.29 is 13.2 Å². The van der Waals surface area contributed by atoms with Crippen LogP contribution in [-0.2, 0) is 0 Å². The predicted octanol–water partition coefficient (Wildman–Crippen LogP) is 4.39. The van der Waals surface area contributed by atoms with E-state index in [9.17, 15) is 13.2 Å². The fourth-order valence-electron chi connectivity index (χ4n) is 1.38. The summed E-state index contributed by atoms with van der Waals surface area (Å²) in [5, 5.41) is 2.67. The van der Waals surface area contributed by atoms with Gasteiger partial charge in [-0.2, -0.15) is 9.37 Å². The van der Waals surface area contributed by atoms with Crippen molar-refractivity contribution in [2.75, 3.05) is 5.32 Å². The number of hydrogen-bond donors (Lipinski definition) is 1. The molecule has 0 saturated carbocycles. The Labute approximate surface area is 110 Å². The summed E-state index contributed by atoms with van der Waals surface area (Å²) in [4.78, 5) is 4.03. The van der Waals surface area contributed by atoms with Crippen molar-refractivity contribution in [3.63, 3.8) is 0 Å². The summed E-state index contributed by atoms with van der Waals surface area (Å²) >= 11 is 7.09. The molecule has 2 aromatic heterocycles. The molecule has 0 aliphatic rings. The van der Waals surface area contributed by atoms with Gasteiger partial charge in [0, 0.05) is 10.9 Å². The molecule has 0 aliphatic carbocycles. The highest BCUT2D eigenvalue weighted by atomic mass is 35.5. The standard InChI is InChI=1S/C11H8ClF3N2S/c1-5(8-2-3-9(12)18-8)16-11-7(14)4-6(13)10(15)17-11/h2-5H,1H3,(H,16,17). The van der Waals surface area contributed by atoms with Crippen LogP contribution < -0.4 is 5.32 Å². The Morgan fingerprint density at radius 1 is 1.28 bits per heavy atom. The van der Waals surface area contributed by atoms with Gasteiger partial charge in [0.05, 0.1) is 10.4 Å². The Bertz CT molecular complexity index is 573. The molecule has 2 aromatic rings. The van der Waals surface area contributed by atoms with Crippen LogP contribution in [0.1, 0.15) is 17.8 Å². The minimum Gasteiger partial charge on any atom is -0.360 e. The summed E-state index contributed by atoms with van der Waals surface area (Å²) in [6, 6.07) is 3.62. The molecule has 0 fully saturated rings. The molecular formula is C11H8ClF3N2S. The van der Waals surface area contributed by atoms with Crippen LogP contribution in [0, 0.1) is 17.6 Å². The summed E-state index contributed by atoms with van der Waals surface area (Å²) in [5.74, 6) is -3.92. The van der Waals surface area contributed by atoms with Gasteiger partial charge in [0.25, 0.3) is 5.95 Å². The molecule has 1 unspecified atom stereocenters. The van der Waals surface area contributed by atoms with Crippen LogP contribution in [0.15, 0.2) is 18.2 Å². The zero-order chi connectivity index (χ0) is 13.3. The van der Waals surface area contributed by atoms with Gasteiger partial charge in [-0.15, -0.1) is 11.3 Å². The van der Waals surface area contributed by atoms with Crippen molar-refractivity contribution in [3.05, 3.63) is 45.0 Å². The number of aromatic nitrogens is 1. The number of anilines is 1. The number of thiophene rings is 1. The summed E-state index contributed by atoms with van der Waals surface area (Å²) in [6.45, 7) is 1.74. The van der Waals surface area contributed by atoms with Gasteiger partial charge < -0.3 is 5.32 Å². The van der Waals surface area contributed by atoms with E-state index in [0.29, 0.717) is 10.4 Å². The van der Waals surface area contributed by atoms with Gasteiger partial charge in [-0.25, -0.2) is 8.78 Å². The monoisotopic (exact) mass is 292 g/mol. The van der Waals surface area contributed by atoms with Gasteiger partial charge in [0.2, 0.25) is 0 Å². The Balaban J connectivity index is 2.21. The second-order valence-corrected chi connectivity index (χ2v) is 5.35. The lowest BCUT2D eigenvalue weighted by molar-refractivity contribution is 0.466.